The van der Waals surface area contributed by atoms with E-state index in [1.165, 1.54) is 5.56 Å². The summed E-state index contributed by atoms with van der Waals surface area (Å²) in [4.78, 5) is 0. The van der Waals surface area contributed by atoms with Gasteiger partial charge < -0.3 is 10.1 Å². The molecule has 1 aromatic rings. The van der Waals surface area contributed by atoms with E-state index in [4.69, 9.17) is 11.2 Å². The Morgan fingerprint density at radius 2 is 2.28 bits per heavy atom. The topological polar surface area (TPSA) is 21.3 Å². The van der Waals surface area contributed by atoms with Crippen molar-refractivity contribution in [1.29, 1.82) is 0 Å². The van der Waals surface area contributed by atoms with E-state index >= 15 is 0 Å². The number of ether oxygens (including phenoxy) is 1. The molecule has 0 aliphatic heterocycles. The first-order chi connectivity index (χ1) is 8.69. The van der Waals surface area contributed by atoms with Gasteiger partial charge in [-0.2, -0.15) is 0 Å². The highest BCUT2D eigenvalue weighted by atomic mass is 79.9. The summed E-state index contributed by atoms with van der Waals surface area (Å²) >= 11 is 3.47. The molecule has 1 N–H and O–H groups in total. The van der Waals surface area contributed by atoms with Crippen molar-refractivity contribution < 1.29 is 4.74 Å². The molecule has 3 heteroatoms. The molecule has 0 bridgehead atoms. The maximum absolute atomic E-state index is 5.75. The quantitative estimate of drug-likeness (QED) is 0.609. The predicted octanol–water partition coefficient (Wildman–Crippen LogP) is 3.91. The number of nitrogens with one attached hydrogen (secondary N) is 1. The Kier molecular flexibility index (Phi) is 6.85. The van der Waals surface area contributed by atoms with Crippen LogP contribution >= 0.6 is 15.9 Å². The van der Waals surface area contributed by atoms with Gasteiger partial charge in [-0.3, -0.25) is 0 Å². The minimum Gasteiger partial charge on any atom is -0.492 e. The van der Waals surface area contributed by atoms with E-state index in [-0.39, 0.29) is 6.04 Å². The van der Waals surface area contributed by atoms with Crippen LogP contribution in [0.5, 0.6) is 5.75 Å². The molecule has 0 radical (unpaired) electrons. The van der Waals surface area contributed by atoms with Gasteiger partial charge in [-0.15, -0.1) is 12.3 Å². The van der Waals surface area contributed by atoms with Crippen molar-refractivity contribution >= 4 is 15.9 Å². The monoisotopic (exact) mass is 309 g/mol. The molecule has 2 nitrogen and oxygen atoms in total. The summed E-state index contributed by atoms with van der Waals surface area (Å²) in [5.41, 5.74) is 1.17. The summed E-state index contributed by atoms with van der Waals surface area (Å²) in [5.74, 6) is 3.48. The summed E-state index contributed by atoms with van der Waals surface area (Å²) in [7, 11) is 0. The van der Waals surface area contributed by atoms with Gasteiger partial charge >= 0.3 is 0 Å². The van der Waals surface area contributed by atoms with Crippen molar-refractivity contribution in [2.75, 3.05) is 13.2 Å². The van der Waals surface area contributed by atoms with E-state index in [9.17, 15) is 0 Å². The lowest BCUT2D eigenvalue weighted by atomic mass is 10.1. The van der Waals surface area contributed by atoms with Crippen molar-refractivity contribution in [3.05, 3.63) is 28.2 Å². The van der Waals surface area contributed by atoms with Crippen molar-refractivity contribution in [2.24, 2.45) is 0 Å². The minimum atomic E-state index is 0.277. The van der Waals surface area contributed by atoms with Crippen LogP contribution in [-0.4, -0.2) is 13.2 Å². The fourth-order valence-electron chi connectivity index (χ4n) is 1.68. The molecule has 0 saturated heterocycles. The summed E-state index contributed by atoms with van der Waals surface area (Å²) < 4.78 is 6.77. The molecule has 0 amide bonds. The Labute approximate surface area is 118 Å². The molecule has 0 aliphatic rings. The Morgan fingerprint density at radius 1 is 1.50 bits per heavy atom. The third-order valence-electron chi connectivity index (χ3n) is 2.65. The number of halogens is 1. The lowest BCUT2D eigenvalue weighted by Gasteiger charge is -2.18. The van der Waals surface area contributed by atoms with Gasteiger partial charge in [0.15, 0.2) is 0 Å². The zero-order chi connectivity index (χ0) is 13.4. The summed E-state index contributed by atoms with van der Waals surface area (Å²) in [5, 5.41) is 3.46. The van der Waals surface area contributed by atoms with E-state index in [0.29, 0.717) is 13.0 Å². The van der Waals surface area contributed by atoms with Crippen LogP contribution in [0, 0.1) is 12.3 Å². The van der Waals surface area contributed by atoms with Crippen LogP contribution in [0.3, 0.4) is 0 Å². The highest BCUT2D eigenvalue weighted by molar-refractivity contribution is 9.10. The third-order valence-corrected chi connectivity index (χ3v) is 3.14. The summed E-state index contributed by atoms with van der Waals surface area (Å²) in [6, 6.07) is 6.39. The SMILES string of the molecule is C#CCCOc1cc(Br)ccc1C(C)NCCC. The van der Waals surface area contributed by atoms with Gasteiger partial charge in [-0.05, 0) is 32.0 Å². The van der Waals surface area contributed by atoms with Crippen molar-refractivity contribution in [3.8, 4) is 18.1 Å². The van der Waals surface area contributed by atoms with Crippen molar-refractivity contribution in [1.82, 2.24) is 5.32 Å². The number of terminal acetylenes is 1. The molecule has 18 heavy (non-hydrogen) atoms. The van der Waals surface area contributed by atoms with E-state index in [1.807, 2.05) is 12.1 Å². The molecule has 0 spiro atoms. The van der Waals surface area contributed by atoms with Crippen LogP contribution in [0.2, 0.25) is 0 Å². The van der Waals surface area contributed by atoms with Gasteiger partial charge in [0.05, 0.1) is 6.61 Å². The van der Waals surface area contributed by atoms with Crippen LogP contribution in [0.1, 0.15) is 38.3 Å². The number of benzene rings is 1. The number of hydrogen-bond donors (Lipinski definition) is 1. The lowest BCUT2D eigenvalue weighted by molar-refractivity contribution is 0.320. The maximum Gasteiger partial charge on any atom is 0.125 e. The minimum absolute atomic E-state index is 0.277. The maximum atomic E-state index is 5.75. The second-order valence-corrected chi connectivity index (χ2v) is 5.08. The van der Waals surface area contributed by atoms with Crippen molar-refractivity contribution in [2.45, 2.75) is 32.7 Å². The van der Waals surface area contributed by atoms with Crippen LogP contribution in [0.4, 0.5) is 0 Å². The smallest absolute Gasteiger partial charge is 0.125 e. The number of rotatable bonds is 7. The molecule has 1 rings (SSSR count). The van der Waals surface area contributed by atoms with E-state index in [0.717, 1.165) is 23.2 Å². The molecular formula is C15H20BrNO. The molecule has 98 valence electrons. The largest absolute Gasteiger partial charge is 0.492 e. The molecule has 0 aromatic heterocycles. The Balaban J connectivity index is 2.78. The fraction of sp³-hybridized carbons (Fsp3) is 0.467. The van der Waals surface area contributed by atoms with Crippen LogP contribution in [-0.2, 0) is 0 Å². The first kappa shape index (κ1) is 15.1. The highest BCUT2D eigenvalue weighted by Gasteiger charge is 2.11. The van der Waals surface area contributed by atoms with Gasteiger partial charge in [-0.25, -0.2) is 0 Å². The zero-order valence-electron chi connectivity index (χ0n) is 11.0. The molecule has 0 fully saturated rings. The van der Waals surface area contributed by atoms with Gasteiger partial charge in [0.25, 0.3) is 0 Å². The van der Waals surface area contributed by atoms with Crippen molar-refractivity contribution in [3.63, 3.8) is 0 Å². The highest BCUT2D eigenvalue weighted by Crippen LogP contribution is 2.28. The van der Waals surface area contributed by atoms with Crippen LogP contribution in [0.25, 0.3) is 0 Å². The molecule has 0 aliphatic carbocycles. The van der Waals surface area contributed by atoms with Gasteiger partial charge in [-0.1, -0.05) is 28.9 Å². The van der Waals surface area contributed by atoms with E-state index in [1.54, 1.807) is 0 Å². The Bertz CT molecular complexity index is 411. The molecule has 0 saturated carbocycles. The molecule has 0 heterocycles. The van der Waals surface area contributed by atoms with Crippen LogP contribution in [0.15, 0.2) is 22.7 Å². The molecule has 1 aromatic carbocycles. The van der Waals surface area contributed by atoms with Gasteiger partial charge in [0, 0.05) is 22.5 Å². The lowest BCUT2D eigenvalue weighted by Crippen LogP contribution is -2.20. The van der Waals surface area contributed by atoms with Crippen LogP contribution < -0.4 is 10.1 Å². The summed E-state index contributed by atoms with van der Waals surface area (Å²) in [6.07, 6.45) is 6.98. The average molecular weight is 310 g/mol. The molecule has 1 unspecified atom stereocenters. The average Bonchev–Trinajstić information content (AvgIpc) is 2.36. The molecule has 1 atom stereocenters. The third kappa shape index (κ3) is 4.72. The van der Waals surface area contributed by atoms with E-state index < -0.39 is 0 Å². The standard InChI is InChI=1S/C15H20BrNO/c1-4-6-10-18-15-11-13(16)7-8-14(15)12(3)17-9-5-2/h1,7-8,11-12,17H,5-6,9-10H2,2-3H3. The first-order valence-electron chi connectivity index (χ1n) is 6.28. The normalized spacial score (nSPS) is 11.9. The Hall–Kier alpha value is -0.980. The zero-order valence-corrected chi connectivity index (χ0v) is 12.6. The van der Waals surface area contributed by atoms with E-state index in [2.05, 4.69) is 47.1 Å². The predicted molar refractivity (Wildman–Crippen MR) is 79.8 cm³/mol. The second kappa shape index (κ2) is 8.18. The first-order valence-corrected chi connectivity index (χ1v) is 7.07. The fourth-order valence-corrected chi connectivity index (χ4v) is 2.02. The molecular weight excluding hydrogens is 290 g/mol. The Morgan fingerprint density at radius 3 is 2.94 bits per heavy atom. The van der Waals surface area contributed by atoms with Gasteiger partial charge in [0.2, 0.25) is 0 Å². The van der Waals surface area contributed by atoms with Gasteiger partial charge in [0.1, 0.15) is 5.75 Å². The summed E-state index contributed by atoms with van der Waals surface area (Å²) in [6.45, 7) is 5.86. The number of hydrogen-bond acceptors (Lipinski definition) is 2. The second-order valence-electron chi connectivity index (χ2n) is 4.16.